The van der Waals surface area contributed by atoms with Crippen molar-refractivity contribution in [1.29, 1.82) is 0 Å². The van der Waals surface area contributed by atoms with Crippen molar-refractivity contribution in [2.75, 3.05) is 20.2 Å². The molecule has 0 aromatic carbocycles. The zero-order valence-electron chi connectivity index (χ0n) is 19.5. The summed E-state index contributed by atoms with van der Waals surface area (Å²) in [6, 6.07) is -0.390. The molecule has 2 aliphatic rings. The Morgan fingerprint density at radius 3 is 2.37 bits per heavy atom. The predicted octanol–water partition coefficient (Wildman–Crippen LogP) is 2.97. The van der Waals surface area contributed by atoms with Gasteiger partial charge in [0.2, 0.25) is 5.91 Å². The van der Waals surface area contributed by atoms with Gasteiger partial charge in [0.1, 0.15) is 0 Å². The second-order valence-electron chi connectivity index (χ2n) is 8.09. The van der Waals surface area contributed by atoms with E-state index >= 15 is 0 Å². The monoisotopic (exact) mass is 424 g/mol. The zero-order chi connectivity index (χ0) is 22.7. The number of carbonyl (C=O) groups is 2. The smallest absolute Gasteiger partial charge is 0.342 e. The lowest BCUT2D eigenvalue weighted by atomic mass is 9.83. The highest BCUT2D eigenvalue weighted by molar-refractivity contribution is 5.84. The zero-order valence-corrected chi connectivity index (χ0v) is 19.5. The minimum Gasteiger partial charge on any atom is -0.393 e. The quantitative estimate of drug-likeness (QED) is 0.692. The van der Waals surface area contributed by atoms with Crippen LogP contribution in [0.4, 0.5) is 4.79 Å². The highest BCUT2D eigenvalue weighted by Gasteiger charge is 2.30. The summed E-state index contributed by atoms with van der Waals surface area (Å²) in [6.45, 7) is 11.4. The van der Waals surface area contributed by atoms with Crippen LogP contribution < -0.4 is 10.6 Å². The molecule has 3 N–H and O–H groups in total. The Bertz CT molecular complexity index is 662. The average Bonchev–Trinajstić information content (AvgIpc) is 3.13. The van der Waals surface area contributed by atoms with Gasteiger partial charge >= 0.3 is 6.03 Å². The number of aliphatic hydroxyl groups is 1. The van der Waals surface area contributed by atoms with E-state index in [1.165, 1.54) is 11.7 Å². The van der Waals surface area contributed by atoms with E-state index in [-0.39, 0.29) is 30.5 Å². The normalized spacial score (nSPS) is 20.1. The van der Waals surface area contributed by atoms with Crippen LogP contribution in [0.5, 0.6) is 0 Å². The molecule has 3 rings (SSSR count). The van der Waals surface area contributed by atoms with Crippen molar-refractivity contribution in [2.45, 2.75) is 85.4 Å². The first kappa shape index (κ1) is 26.1. The van der Waals surface area contributed by atoms with Crippen molar-refractivity contribution in [2.24, 2.45) is 5.92 Å². The minimum absolute atomic E-state index is 0.0780. The van der Waals surface area contributed by atoms with Gasteiger partial charge in [-0.3, -0.25) is 4.79 Å². The molecule has 2 heterocycles. The van der Waals surface area contributed by atoms with E-state index < -0.39 is 0 Å². The van der Waals surface area contributed by atoms with Gasteiger partial charge in [-0.15, -0.1) is 0 Å². The predicted molar refractivity (Wildman–Crippen MR) is 118 cm³/mol. The Morgan fingerprint density at radius 2 is 1.80 bits per heavy atom. The maximum atomic E-state index is 12.4. The molecule has 2 amide bonds. The van der Waals surface area contributed by atoms with Gasteiger partial charge < -0.3 is 20.5 Å². The summed E-state index contributed by atoms with van der Waals surface area (Å²) >= 11 is 0. The van der Waals surface area contributed by atoms with E-state index in [1.54, 1.807) is 0 Å². The lowest BCUT2D eigenvalue weighted by Gasteiger charge is -2.25. The van der Waals surface area contributed by atoms with Gasteiger partial charge in [0.25, 0.3) is 0 Å². The third-order valence-electron chi connectivity index (χ3n) is 4.81. The van der Waals surface area contributed by atoms with Crippen LogP contribution in [0.25, 0.3) is 0 Å². The van der Waals surface area contributed by atoms with E-state index in [0.717, 1.165) is 48.6 Å². The average molecular weight is 425 g/mol. The molecular formula is C22H40N4O4. The summed E-state index contributed by atoms with van der Waals surface area (Å²) in [5, 5.41) is 19.3. The van der Waals surface area contributed by atoms with Crippen LogP contribution in [-0.2, 0) is 22.6 Å². The summed E-state index contributed by atoms with van der Waals surface area (Å²) in [6.07, 6.45) is 3.65. The largest absolute Gasteiger partial charge is 0.393 e. The molecule has 1 fully saturated rings. The van der Waals surface area contributed by atoms with E-state index in [1.807, 2.05) is 13.8 Å². The Morgan fingerprint density at radius 1 is 1.20 bits per heavy atom. The van der Waals surface area contributed by atoms with Gasteiger partial charge in [-0.2, -0.15) is 9.78 Å². The fourth-order valence-corrected chi connectivity index (χ4v) is 3.43. The van der Waals surface area contributed by atoms with E-state index in [4.69, 9.17) is 4.74 Å². The molecule has 1 aromatic rings. The van der Waals surface area contributed by atoms with Crippen molar-refractivity contribution < 1.29 is 19.4 Å². The van der Waals surface area contributed by atoms with Gasteiger partial charge in [0.15, 0.2) is 0 Å². The molecule has 0 unspecified atom stereocenters. The number of nitrogens with zero attached hydrogens (tertiary/aromatic N) is 2. The molecular weight excluding hydrogens is 384 g/mol. The first-order chi connectivity index (χ1) is 14.3. The third kappa shape index (κ3) is 7.72. The third-order valence-corrected chi connectivity index (χ3v) is 4.81. The van der Waals surface area contributed by atoms with E-state index in [0.29, 0.717) is 19.6 Å². The fourth-order valence-electron chi connectivity index (χ4n) is 3.43. The number of likely N-dealkylation sites (N-methyl/N-ethyl adjacent to an activating group) is 1. The number of aromatic nitrogens is 2. The van der Waals surface area contributed by atoms with Crippen molar-refractivity contribution >= 4 is 11.9 Å². The number of aliphatic hydroxyl groups excluding tert-OH is 1. The second-order valence-corrected chi connectivity index (χ2v) is 8.09. The molecule has 1 aromatic heterocycles. The SMILES string of the molecule is CC.CC(C)C.CNC(=O)CNC(=O)n1nc(C2CCC(O)CC2)c2c1CCOC2. The van der Waals surface area contributed by atoms with Gasteiger partial charge in [0, 0.05) is 24.9 Å². The topological polar surface area (TPSA) is 105 Å². The van der Waals surface area contributed by atoms with Gasteiger partial charge in [0.05, 0.1) is 37.3 Å². The van der Waals surface area contributed by atoms with E-state index in [9.17, 15) is 14.7 Å². The molecule has 0 saturated heterocycles. The Balaban J connectivity index is 0.000000673. The molecule has 8 nitrogen and oxygen atoms in total. The summed E-state index contributed by atoms with van der Waals surface area (Å²) in [5.41, 5.74) is 2.78. The lowest BCUT2D eigenvalue weighted by molar-refractivity contribution is -0.119. The van der Waals surface area contributed by atoms with Crippen molar-refractivity contribution in [3.05, 3.63) is 17.0 Å². The van der Waals surface area contributed by atoms with Gasteiger partial charge in [-0.1, -0.05) is 34.6 Å². The first-order valence-electron chi connectivity index (χ1n) is 11.2. The maximum absolute atomic E-state index is 12.4. The first-order valence-corrected chi connectivity index (χ1v) is 11.2. The number of rotatable bonds is 3. The van der Waals surface area contributed by atoms with Crippen molar-refractivity contribution in [3.63, 3.8) is 0 Å². The van der Waals surface area contributed by atoms with Crippen LogP contribution in [-0.4, -0.2) is 53.1 Å². The number of hydrogen-bond acceptors (Lipinski definition) is 5. The highest BCUT2D eigenvalue weighted by Crippen LogP contribution is 2.36. The van der Waals surface area contributed by atoms with Crippen LogP contribution >= 0.6 is 0 Å². The molecule has 0 radical (unpaired) electrons. The summed E-state index contributed by atoms with van der Waals surface area (Å²) in [7, 11) is 1.53. The molecule has 8 heteroatoms. The van der Waals surface area contributed by atoms with Crippen LogP contribution in [0, 0.1) is 5.92 Å². The number of hydrogen-bond donors (Lipinski definition) is 3. The highest BCUT2D eigenvalue weighted by atomic mass is 16.5. The van der Waals surface area contributed by atoms with Crippen LogP contribution in [0.2, 0.25) is 0 Å². The minimum atomic E-state index is -0.390. The maximum Gasteiger partial charge on any atom is 0.342 e. The molecule has 172 valence electrons. The lowest BCUT2D eigenvalue weighted by Crippen LogP contribution is -2.38. The van der Waals surface area contributed by atoms with Crippen LogP contribution in [0.3, 0.4) is 0 Å². The number of ether oxygens (including phenoxy) is 1. The Labute approximate surface area is 180 Å². The van der Waals surface area contributed by atoms with Crippen LogP contribution in [0.1, 0.15) is 83.2 Å². The van der Waals surface area contributed by atoms with Crippen LogP contribution in [0.15, 0.2) is 0 Å². The second kappa shape index (κ2) is 13.4. The van der Waals surface area contributed by atoms with E-state index in [2.05, 4.69) is 36.5 Å². The Kier molecular flexibility index (Phi) is 11.7. The molecule has 1 aliphatic carbocycles. The van der Waals surface area contributed by atoms with Crippen molar-refractivity contribution in [3.8, 4) is 0 Å². The molecule has 0 spiro atoms. The van der Waals surface area contributed by atoms with Gasteiger partial charge in [-0.25, -0.2) is 4.79 Å². The fraction of sp³-hybridized carbons (Fsp3) is 0.773. The van der Waals surface area contributed by atoms with Gasteiger partial charge in [-0.05, 0) is 31.6 Å². The van der Waals surface area contributed by atoms with Crippen molar-refractivity contribution in [1.82, 2.24) is 20.4 Å². The molecule has 1 saturated carbocycles. The number of carbonyl (C=O) groups excluding carboxylic acids is 2. The summed E-state index contributed by atoms with van der Waals surface area (Å²) < 4.78 is 6.95. The molecule has 1 aliphatic heterocycles. The number of nitrogens with one attached hydrogen (secondary N) is 2. The number of fused-ring (bicyclic) bond motifs is 1. The summed E-state index contributed by atoms with van der Waals surface area (Å²) in [4.78, 5) is 23.7. The number of amides is 2. The molecule has 0 atom stereocenters. The molecule has 30 heavy (non-hydrogen) atoms. The molecule has 0 bridgehead atoms. The summed E-state index contributed by atoms with van der Waals surface area (Å²) in [5.74, 6) is 0.825. The Hall–Kier alpha value is -1.93. The standard InChI is InChI=1S/C16H24N4O4.C4H10.C2H6/c1-17-14(22)8-18-16(23)20-13-6-7-24-9-12(13)15(19-20)10-2-4-11(21)5-3-10;1-4(2)3;1-2/h10-11,21H,2-9H2,1H3,(H,17,22)(H,18,23);4H,1-3H3;1-2H3.